The summed E-state index contributed by atoms with van der Waals surface area (Å²) in [6, 6.07) is 0.937. The van der Waals surface area contributed by atoms with E-state index < -0.39 is 9.28 Å². The third-order valence-electron chi connectivity index (χ3n) is 2.05. The Balaban J connectivity index is 3.83. The van der Waals surface area contributed by atoms with Crippen LogP contribution in [0.3, 0.4) is 0 Å². The van der Waals surface area contributed by atoms with Crippen LogP contribution in [0.2, 0.25) is 6.04 Å². The summed E-state index contributed by atoms with van der Waals surface area (Å²) in [6.45, 7) is 10.8. The van der Waals surface area contributed by atoms with Crippen LogP contribution in [0.15, 0.2) is 0 Å². The van der Waals surface area contributed by atoms with Gasteiger partial charge in [0.2, 0.25) is 0 Å². The molecule has 0 N–H and O–H groups in total. The molecule has 0 bridgehead atoms. The summed E-state index contributed by atoms with van der Waals surface area (Å²) in [5.74, 6) is 0. The lowest BCUT2D eigenvalue weighted by atomic mass is 10.4. The van der Waals surface area contributed by atoms with Gasteiger partial charge in [0, 0.05) is 32.8 Å². The molecule has 0 heterocycles. The molecule has 0 spiro atoms. The lowest BCUT2D eigenvalue weighted by Crippen LogP contribution is -2.26. The van der Waals surface area contributed by atoms with Crippen molar-refractivity contribution in [3.8, 4) is 0 Å². The minimum Gasteiger partial charge on any atom is -0.397 e. The van der Waals surface area contributed by atoms with Crippen molar-refractivity contribution in [3.05, 3.63) is 0 Å². The van der Waals surface area contributed by atoms with Crippen molar-refractivity contribution in [2.75, 3.05) is 26.4 Å². The first-order valence-electron chi connectivity index (χ1n) is 6.24. The molecule has 0 radical (unpaired) electrons. The lowest BCUT2D eigenvalue weighted by Gasteiger charge is -2.20. The zero-order valence-electron chi connectivity index (χ0n) is 11.0. The van der Waals surface area contributed by atoms with Gasteiger partial charge in [-0.2, -0.15) is 0 Å². The van der Waals surface area contributed by atoms with E-state index >= 15 is 0 Å². The Labute approximate surface area is 101 Å². The molecule has 0 aromatic heterocycles. The average molecular weight is 250 g/mol. The van der Waals surface area contributed by atoms with Crippen molar-refractivity contribution < 1.29 is 18.3 Å². The van der Waals surface area contributed by atoms with Crippen molar-refractivity contribution >= 4 is 9.28 Å². The van der Waals surface area contributed by atoms with Gasteiger partial charge in [-0.25, -0.2) is 0 Å². The van der Waals surface area contributed by atoms with Crippen LogP contribution < -0.4 is 0 Å². The highest BCUT2D eigenvalue weighted by Crippen LogP contribution is 2.09. The van der Waals surface area contributed by atoms with Crippen molar-refractivity contribution in [2.45, 2.75) is 46.4 Å². The normalized spacial score (nSPS) is 11.6. The van der Waals surface area contributed by atoms with Crippen LogP contribution in [0.25, 0.3) is 0 Å². The third kappa shape index (κ3) is 8.24. The van der Waals surface area contributed by atoms with Gasteiger partial charge in [-0.15, -0.1) is 0 Å². The van der Waals surface area contributed by atoms with Crippen LogP contribution in [0.4, 0.5) is 0 Å². The van der Waals surface area contributed by atoms with E-state index in [1.807, 2.05) is 27.7 Å². The Morgan fingerprint density at radius 1 is 0.812 bits per heavy atom. The Morgan fingerprint density at radius 2 is 1.31 bits per heavy atom. The zero-order valence-corrected chi connectivity index (χ0v) is 12.2. The van der Waals surface area contributed by atoms with Gasteiger partial charge in [0.15, 0.2) is 6.29 Å². The van der Waals surface area contributed by atoms with E-state index in [9.17, 15) is 0 Å². The zero-order chi connectivity index (χ0) is 12.2. The van der Waals surface area contributed by atoms with Crippen molar-refractivity contribution in [2.24, 2.45) is 0 Å². The minimum absolute atomic E-state index is 0.106. The van der Waals surface area contributed by atoms with E-state index in [1.54, 1.807) is 0 Å². The SMILES string of the molecule is CCOC(CC[SiH](OCC)OCC)OCC. The average Bonchev–Trinajstić information content (AvgIpc) is 2.27. The van der Waals surface area contributed by atoms with Gasteiger partial charge in [-0.1, -0.05) is 0 Å². The summed E-state index contributed by atoms with van der Waals surface area (Å²) in [5.41, 5.74) is 0. The molecule has 0 rings (SSSR count). The Morgan fingerprint density at radius 3 is 1.69 bits per heavy atom. The maximum atomic E-state index is 5.59. The topological polar surface area (TPSA) is 36.9 Å². The van der Waals surface area contributed by atoms with Crippen LogP contribution in [-0.4, -0.2) is 42.0 Å². The summed E-state index contributed by atoms with van der Waals surface area (Å²) in [4.78, 5) is 0. The van der Waals surface area contributed by atoms with Crippen molar-refractivity contribution in [3.63, 3.8) is 0 Å². The van der Waals surface area contributed by atoms with Crippen LogP contribution in [0.5, 0.6) is 0 Å². The standard InChI is InChI=1S/C11H26O4Si/c1-5-12-11(13-6-2)9-10-16(14-7-3)15-8-4/h11,16H,5-10H2,1-4H3. The Bertz CT molecular complexity index is 118. The molecule has 98 valence electrons. The molecule has 4 nitrogen and oxygen atoms in total. The highest BCUT2D eigenvalue weighted by atomic mass is 28.3. The molecule has 0 aliphatic heterocycles. The third-order valence-corrected chi connectivity index (χ3v) is 4.26. The van der Waals surface area contributed by atoms with Crippen LogP contribution in [0.1, 0.15) is 34.1 Å². The van der Waals surface area contributed by atoms with Crippen LogP contribution >= 0.6 is 0 Å². The first-order valence-corrected chi connectivity index (χ1v) is 8.00. The summed E-state index contributed by atoms with van der Waals surface area (Å²) in [6.07, 6.45) is 0.754. The summed E-state index contributed by atoms with van der Waals surface area (Å²) in [7, 11) is -1.50. The summed E-state index contributed by atoms with van der Waals surface area (Å²) in [5, 5.41) is 0. The summed E-state index contributed by atoms with van der Waals surface area (Å²) >= 11 is 0. The second kappa shape index (κ2) is 11.5. The Hall–Kier alpha value is 0.0569. The van der Waals surface area contributed by atoms with E-state index in [1.165, 1.54) is 0 Å². The minimum atomic E-state index is -1.50. The molecule has 5 heteroatoms. The molecule has 0 atom stereocenters. The van der Waals surface area contributed by atoms with Gasteiger partial charge in [0.25, 0.3) is 0 Å². The summed E-state index contributed by atoms with van der Waals surface area (Å²) < 4.78 is 22.1. The quantitative estimate of drug-likeness (QED) is 0.415. The van der Waals surface area contributed by atoms with Crippen molar-refractivity contribution in [1.29, 1.82) is 0 Å². The fraction of sp³-hybridized carbons (Fsp3) is 1.00. The molecule has 0 aromatic rings. The van der Waals surface area contributed by atoms with E-state index in [4.69, 9.17) is 18.3 Å². The molecular weight excluding hydrogens is 224 g/mol. The van der Waals surface area contributed by atoms with E-state index in [-0.39, 0.29) is 6.29 Å². The molecular formula is C11H26O4Si. The molecule has 0 aliphatic carbocycles. The number of rotatable bonds is 11. The second-order valence-electron chi connectivity index (χ2n) is 3.26. The molecule has 0 aliphatic rings. The maximum absolute atomic E-state index is 5.59. The molecule has 0 aromatic carbocycles. The first-order chi connectivity index (χ1) is 7.78. The van der Waals surface area contributed by atoms with Crippen LogP contribution in [-0.2, 0) is 18.3 Å². The van der Waals surface area contributed by atoms with Gasteiger partial charge in [-0.3, -0.25) is 0 Å². The number of ether oxygens (including phenoxy) is 2. The second-order valence-corrected chi connectivity index (χ2v) is 5.36. The predicted octanol–water partition coefficient (Wildman–Crippen LogP) is 2.07. The molecule has 0 fully saturated rings. The van der Waals surface area contributed by atoms with Crippen LogP contribution in [0, 0.1) is 0 Å². The van der Waals surface area contributed by atoms with Gasteiger partial charge < -0.3 is 18.3 Å². The largest absolute Gasteiger partial charge is 0.397 e. The smallest absolute Gasteiger partial charge is 0.321 e. The van der Waals surface area contributed by atoms with Gasteiger partial charge in [0.1, 0.15) is 0 Å². The van der Waals surface area contributed by atoms with E-state index in [2.05, 4.69) is 0 Å². The van der Waals surface area contributed by atoms with Gasteiger partial charge in [0.05, 0.1) is 0 Å². The lowest BCUT2D eigenvalue weighted by molar-refractivity contribution is -0.137. The fourth-order valence-electron chi connectivity index (χ4n) is 1.45. The fourth-order valence-corrected chi connectivity index (χ4v) is 3.16. The monoisotopic (exact) mass is 250 g/mol. The highest BCUT2D eigenvalue weighted by molar-refractivity contribution is 6.44. The van der Waals surface area contributed by atoms with E-state index in [0.717, 1.165) is 25.7 Å². The first kappa shape index (κ1) is 16.1. The Kier molecular flexibility index (Phi) is 11.6. The van der Waals surface area contributed by atoms with Gasteiger partial charge >= 0.3 is 9.28 Å². The highest BCUT2D eigenvalue weighted by Gasteiger charge is 2.16. The molecule has 0 unspecified atom stereocenters. The molecule has 16 heavy (non-hydrogen) atoms. The van der Waals surface area contributed by atoms with E-state index in [0.29, 0.717) is 13.2 Å². The number of hydrogen-bond donors (Lipinski definition) is 0. The molecule has 0 amide bonds. The molecule has 0 saturated carbocycles. The number of hydrogen-bond acceptors (Lipinski definition) is 4. The van der Waals surface area contributed by atoms with Crippen molar-refractivity contribution in [1.82, 2.24) is 0 Å². The molecule has 0 saturated heterocycles. The predicted molar refractivity (Wildman–Crippen MR) is 66.9 cm³/mol. The maximum Gasteiger partial charge on any atom is 0.321 e. The van der Waals surface area contributed by atoms with Gasteiger partial charge in [-0.05, 0) is 33.7 Å².